The van der Waals surface area contributed by atoms with E-state index in [1.165, 1.54) is 24.1 Å². The molecule has 0 fully saturated rings. The van der Waals surface area contributed by atoms with Crippen molar-refractivity contribution < 1.29 is 22.7 Å². The maximum atomic E-state index is 14.7. The maximum Gasteiger partial charge on any atom is 0.264 e. The Morgan fingerprint density at radius 2 is 1.53 bits per heavy atom. The number of nitrogens with zero attached hydrogens (tertiary/aromatic N) is 2. The summed E-state index contributed by atoms with van der Waals surface area (Å²) in [6, 6.07) is 26.0. The molecule has 8 nitrogen and oxygen atoms in total. The lowest BCUT2D eigenvalue weighted by molar-refractivity contribution is -0.140. The first-order valence-electron chi connectivity index (χ1n) is 15.2. The van der Waals surface area contributed by atoms with Crippen LogP contribution in [-0.2, 0) is 32.6 Å². The van der Waals surface area contributed by atoms with E-state index in [9.17, 15) is 18.0 Å². The molecule has 2 amide bonds. The van der Waals surface area contributed by atoms with Crippen molar-refractivity contribution >= 4 is 50.7 Å². The molecule has 0 aliphatic rings. The molecule has 47 heavy (non-hydrogen) atoms. The number of sulfonamides is 1. The van der Waals surface area contributed by atoms with E-state index in [0.717, 1.165) is 15.4 Å². The van der Waals surface area contributed by atoms with Gasteiger partial charge in [0.25, 0.3) is 10.0 Å². The molecular formula is C36H39Cl2N3O5S. The first kappa shape index (κ1) is 35.8. The Kier molecular flexibility index (Phi) is 12.3. The zero-order valence-electron chi connectivity index (χ0n) is 26.8. The van der Waals surface area contributed by atoms with Crippen LogP contribution in [0.25, 0.3) is 0 Å². The van der Waals surface area contributed by atoms with Crippen LogP contribution >= 0.6 is 23.2 Å². The first-order valence-corrected chi connectivity index (χ1v) is 17.4. The number of hydrogen-bond donors (Lipinski definition) is 1. The number of nitrogens with one attached hydrogen (secondary N) is 1. The number of amides is 2. The van der Waals surface area contributed by atoms with E-state index in [1.807, 2.05) is 51.1 Å². The summed E-state index contributed by atoms with van der Waals surface area (Å²) in [6.45, 7) is 4.93. The summed E-state index contributed by atoms with van der Waals surface area (Å²) in [7, 11) is -2.79. The molecule has 0 radical (unpaired) electrons. The molecule has 0 aromatic heterocycles. The van der Waals surface area contributed by atoms with Crippen molar-refractivity contribution in [2.75, 3.05) is 18.0 Å². The number of carbonyl (C=O) groups excluding carboxylic acids is 2. The van der Waals surface area contributed by atoms with Crippen LogP contribution in [0.1, 0.15) is 37.0 Å². The van der Waals surface area contributed by atoms with Crippen LogP contribution in [0, 0.1) is 6.92 Å². The van der Waals surface area contributed by atoms with Gasteiger partial charge >= 0.3 is 0 Å². The quantitative estimate of drug-likeness (QED) is 0.152. The van der Waals surface area contributed by atoms with Gasteiger partial charge in [0.1, 0.15) is 18.3 Å². The molecule has 0 aliphatic heterocycles. The van der Waals surface area contributed by atoms with Crippen LogP contribution in [0.3, 0.4) is 0 Å². The van der Waals surface area contributed by atoms with E-state index < -0.39 is 28.5 Å². The van der Waals surface area contributed by atoms with Gasteiger partial charge < -0.3 is 15.0 Å². The second-order valence-electron chi connectivity index (χ2n) is 11.3. The van der Waals surface area contributed by atoms with Gasteiger partial charge in [0.2, 0.25) is 11.8 Å². The largest absolute Gasteiger partial charge is 0.497 e. The Hall–Kier alpha value is -4.05. The van der Waals surface area contributed by atoms with Crippen molar-refractivity contribution in [2.24, 2.45) is 0 Å². The fourth-order valence-electron chi connectivity index (χ4n) is 4.98. The summed E-state index contributed by atoms with van der Waals surface area (Å²) in [5.74, 6) is -0.595. The Labute approximate surface area is 287 Å². The fourth-order valence-corrected chi connectivity index (χ4v) is 6.90. The van der Waals surface area contributed by atoms with Crippen LogP contribution in [0.5, 0.6) is 5.75 Å². The molecule has 0 heterocycles. The molecule has 4 aromatic rings. The van der Waals surface area contributed by atoms with E-state index >= 15 is 0 Å². The van der Waals surface area contributed by atoms with Crippen molar-refractivity contribution in [3.63, 3.8) is 0 Å². The number of ether oxygens (including phenoxy) is 1. The molecule has 0 saturated heterocycles. The highest BCUT2D eigenvalue weighted by Crippen LogP contribution is 2.30. The van der Waals surface area contributed by atoms with Crippen molar-refractivity contribution in [3.8, 4) is 5.75 Å². The van der Waals surface area contributed by atoms with Gasteiger partial charge in [0, 0.05) is 40.7 Å². The zero-order chi connectivity index (χ0) is 34.1. The summed E-state index contributed by atoms with van der Waals surface area (Å²) in [6.07, 6.45) is 0.841. The van der Waals surface area contributed by atoms with Crippen molar-refractivity contribution in [1.29, 1.82) is 0 Å². The van der Waals surface area contributed by atoms with Gasteiger partial charge in [-0.1, -0.05) is 90.3 Å². The highest BCUT2D eigenvalue weighted by Gasteiger charge is 2.35. The van der Waals surface area contributed by atoms with Gasteiger partial charge in [0.05, 0.1) is 17.7 Å². The molecule has 0 saturated carbocycles. The van der Waals surface area contributed by atoms with Gasteiger partial charge in [-0.2, -0.15) is 0 Å². The number of carbonyl (C=O) groups is 2. The predicted octanol–water partition coefficient (Wildman–Crippen LogP) is 7.06. The first-order chi connectivity index (χ1) is 22.4. The number of benzene rings is 4. The topological polar surface area (TPSA) is 96.0 Å². The fraction of sp³-hybridized carbons (Fsp3) is 0.278. The number of aryl methyl sites for hydroxylation is 1. The highest BCUT2D eigenvalue weighted by molar-refractivity contribution is 7.92. The Morgan fingerprint density at radius 3 is 2.15 bits per heavy atom. The van der Waals surface area contributed by atoms with E-state index in [-0.39, 0.29) is 35.5 Å². The Balaban J connectivity index is 1.85. The van der Waals surface area contributed by atoms with Gasteiger partial charge in [0.15, 0.2) is 0 Å². The van der Waals surface area contributed by atoms with Crippen LogP contribution in [0.15, 0.2) is 102 Å². The molecule has 11 heteroatoms. The maximum absolute atomic E-state index is 14.7. The lowest BCUT2D eigenvalue weighted by Gasteiger charge is -2.34. The summed E-state index contributed by atoms with van der Waals surface area (Å²) in [4.78, 5) is 30.0. The number of methoxy groups -OCH3 is 1. The van der Waals surface area contributed by atoms with Crippen molar-refractivity contribution in [3.05, 3.63) is 124 Å². The van der Waals surface area contributed by atoms with Gasteiger partial charge in [-0.15, -0.1) is 0 Å². The molecule has 248 valence electrons. The highest BCUT2D eigenvalue weighted by atomic mass is 35.5. The Bertz CT molecular complexity index is 1770. The van der Waals surface area contributed by atoms with E-state index in [4.69, 9.17) is 27.9 Å². The number of rotatable bonds is 14. The molecule has 0 bridgehead atoms. The number of halogens is 2. The van der Waals surface area contributed by atoms with Crippen LogP contribution in [0.4, 0.5) is 5.69 Å². The van der Waals surface area contributed by atoms with Crippen LogP contribution < -0.4 is 14.4 Å². The average Bonchev–Trinajstić information content (AvgIpc) is 3.06. The van der Waals surface area contributed by atoms with E-state index in [1.54, 1.807) is 54.6 Å². The van der Waals surface area contributed by atoms with Crippen molar-refractivity contribution in [2.45, 2.75) is 57.1 Å². The summed E-state index contributed by atoms with van der Waals surface area (Å²) in [5, 5.41) is 3.64. The summed E-state index contributed by atoms with van der Waals surface area (Å²) >= 11 is 13.2. The van der Waals surface area contributed by atoms with Crippen LogP contribution in [0.2, 0.25) is 10.0 Å². The minimum absolute atomic E-state index is 0.00904. The second kappa shape index (κ2) is 16.2. The van der Waals surface area contributed by atoms with E-state index in [0.29, 0.717) is 27.8 Å². The second-order valence-corrected chi connectivity index (χ2v) is 13.9. The monoisotopic (exact) mass is 695 g/mol. The minimum Gasteiger partial charge on any atom is -0.497 e. The third-order valence-corrected chi connectivity index (χ3v) is 10.4. The number of hydrogen-bond acceptors (Lipinski definition) is 5. The molecule has 1 N–H and O–H groups in total. The molecule has 0 aliphatic carbocycles. The third kappa shape index (κ3) is 9.06. The zero-order valence-corrected chi connectivity index (χ0v) is 29.1. The molecule has 2 unspecified atom stereocenters. The summed E-state index contributed by atoms with van der Waals surface area (Å²) < 4.78 is 34.9. The minimum atomic E-state index is -4.26. The predicted molar refractivity (Wildman–Crippen MR) is 188 cm³/mol. The molecular weight excluding hydrogens is 657 g/mol. The molecule has 0 spiro atoms. The summed E-state index contributed by atoms with van der Waals surface area (Å²) in [5.41, 5.74) is 2.36. The Morgan fingerprint density at radius 1 is 0.894 bits per heavy atom. The lowest BCUT2D eigenvalue weighted by atomic mass is 10.0. The normalized spacial score (nSPS) is 12.6. The molecule has 4 aromatic carbocycles. The molecule has 2 atom stereocenters. The number of anilines is 1. The lowest BCUT2D eigenvalue weighted by Crippen LogP contribution is -2.54. The van der Waals surface area contributed by atoms with Gasteiger partial charge in [-0.3, -0.25) is 13.9 Å². The van der Waals surface area contributed by atoms with Crippen LogP contribution in [-0.4, -0.2) is 50.9 Å². The third-order valence-electron chi connectivity index (χ3n) is 7.89. The molecule has 4 rings (SSSR count). The van der Waals surface area contributed by atoms with E-state index in [2.05, 4.69) is 5.32 Å². The van der Waals surface area contributed by atoms with Gasteiger partial charge in [-0.05, 0) is 62.2 Å². The smallest absolute Gasteiger partial charge is 0.264 e. The standard InChI is InChI=1S/C36H39Cl2N3O5S/c1-5-26(3)39-36(43)34(21-27-11-7-6-8-12-27)40(23-31-32(37)15-10-16-33(31)38)35(42)24-41(28-13-9-14-29(22-28)46-4)47(44,45)30-19-17-25(2)18-20-30/h6-20,22,26,34H,5,21,23-24H2,1-4H3,(H,39,43). The van der Waals surface area contributed by atoms with Gasteiger partial charge in [-0.25, -0.2) is 8.42 Å². The average molecular weight is 697 g/mol. The SMILES string of the molecule is CCC(C)NC(=O)C(Cc1ccccc1)N(Cc1c(Cl)cccc1Cl)C(=O)CN(c1cccc(OC)c1)S(=O)(=O)c1ccc(C)cc1. The van der Waals surface area contributed by atoms with Crippen molar-refractivity contribution in [1.82, 2.24) is 10.2 Å².